The summed E-state index contributed by atoms with van der Waals surface area (Å²) in [6.45, 7) is 8.33. The fourth-order valence-electron chi connectivity index (χ4n) is 2.51. The number of rotatable bonds is 7. The van der Waals surface area contributed by atoms with Crippen LogP contribution in [0.5, 0.6) is 0 Å². The van der Waals surface area contributed by atoms with Crippen LogP contribution in [0.2, 0.25) is 25.7 Å². The fraction of sp³-hybridized carbons (Fsp3) is 0.533. The van der Waals surface area contributed by atoms with E-state index in [1.807, 2.05) is 6.07 Å². The second-order valence-electron chi connectivity index (χ2n) is 6.82. The maximum Gasteiger partial charge on any atom is 0.404 e. The third kappa shape index (κ3) is 5.31. The molecule has 2 aromatic rings. The number of nitrogens with one attached hydrogen (secondary N) is 1. The zero-order valence-electron chi connectivity index (χ0n) is 13.8. The van der Waals surface area contributed by atoms with Crippen LogP contribution >= 0.6 is 15.9 Å². The number of carbonyl (C=O) groups is 1. The lowest BCUT2D eigenvalue weighted by molar-refractivity contribution is 0.194. The molecule has 2 rings (SSSR count). The summed E-state index contributed by atoms with van der Waals surface area (Å²) in [6.07, 6.45) is 2.43. The Morgan fingerprint density at radius 2 is 2.17 bits per heavy atom. The molecule has 0 aliphatic heterocycles. The Balaban J connectivity index is 2.20. The van der Waals surface area contributed by atoms with E-state index in [1.54, 1.807) is 6.20 Å². The minimum atomic E-state index is -1.08. The normalized spacial score (nSPS) is 11.8. The first-order valence-electron chi connectivity index (χ1n) is 7.74. The molecule has 6 nitrogen and oxygen atoms in total. The van der Waals surface area contributed by atoms with Gasteiger partial charge in [0.15, 0.2) is 5.65 Å². The monoisotopic (exact) mass is 398 g/mol. The van der Waals surface area contributed by atoms with Gasteiger partial charge in [-0.15, -0.1) is 0 Å². The number of aryl methyl sites for hydroxylation is 1. The van der Waals surface area contributed by atoms with Crippen LogP contribution < -0.4 is 5.32 Å². The smallest absolute Gasteiger partial charge is 0.404 e. The average Bonchev–Trinajstić information content (AvgIpc) is 2.74. The van der Waals surface area contributed by atoms with Gasteiger partial charge in [0.1, 0.15) is 11.3 Å². The Morgan fingerprint density at radius 3 is 2.83 bits per heavy atom. The molecule has 0 bridgehead atoms. The van der Waals surface area contributed by atoms with Crippen LogP contribution in [0.4, 0.5) is 4.79 Å². The second kappa shape index (κ2) is 7.44. The summed E-state index contributed by atoms with van der Waals surface area (Å²) in [7, 11) is -1.08. The first-order valence-corrected chi connectivity index (χ1v) is 12.2. The largest absolute Gasteiger partial charge is 0.465 e. The zero-order chi connectivity index (χ0) is 17.0. The molecular formula is C15H23BrN4O2Si. The Bertz CT molecular complexity index is 697. The standard InChI is InChI=1S/C15H23BrN4O2Si/c1-23(2,3)8-4-7-20-13(5-6-17-15(21)22)19-12-9-11(16)10-18-14(12)20/h9-10,17H,4-8H2,1-3H3,(H,21,22). The number of hydrogen-bond donors (Lipinski definition) is 2. The lowest BCUT2D eigenvalue weighted by atomic mass is 10.3. The number of hydrogen-bond acceptors (Lipinski definition) is 3. The van der Waals surface area contributed by atoms with Crippen molar-refractivity contribution in [2.24, 2.45) is 0 Å². The highest BCUT2D eigenvalue weighted by Crippen LogP contribution is 2.20. The van der Waals surface area contributed by atoms with Gasteiger partial charge in [-0.3, -0.25) is 0 Å². The van der Waals surface area contributed by atoms with E-state index in [4.69, 9.17) is 5.11 Å². The number of carboxylic acid groups (broad SMARTS) is 1. The van der Waals surface area contributed by atoms with Crippen molar-refractivity contribution >= 4 is 41.3 Å². The Kier molecular flexibility index (Phi) is 5.80. The highest BCUT2D eigenvalue weighted by atomic mass is 79.9. The molecular weight excluding hydrogens is 376 g/mol. The van der Waals surface area contributed by atoms with Gasteiger partial charge in [0.25, 0.3) is 0 Å². The molecule has 2 aromatic heterocycles. The molecule has 0 atom stereocenters. The van der Waals surface area contributed by atoms with Gasteiger partial charge >= 0.3 is 6.09 Å². The van der Waals surface area contributed by atoms with Gasteiger partial charge in [-0.1, -0.05) is 25.7 Å². The topological polar surface area (TPSA) is 80.0 Å². The van der Waals surface area contributed by atoms with Crippen molar-refractivity contribution in [3.8, 4) is 0 Å². The summed E-state index contributed by atoms with van der Waals surface area (Å²) in [5, 5.41) is 11.1. The molecule has 0 aliphatic rings. The van der Waals surface area contributed by atoms with Gasteiger partial charge in [0.05, 0.1) is 0 Å². The van der Waals surface area contributed by atoms with Crippen LogP contribution in [-0.2, 0) is 13.0 Å². The van der Waals surface area contributed by atoms with E-state index in [2.05, 4.69) is 55.4 Å². The van der Waals surface area contributed by atoms with Crippen molar-refractivity contribution in [1.29, 1.82) is 0 Å². The van der Waals surface area contributed by atoms with E-state index in [0.29, 0.717) is 13.0 Å². The van der Waals surface area contributed by atoms with Crippen LogP contribution in [0, 0.1) is 0 Å². The lowest BCUT2D eigenvalue weighted by Crippen LogP contribution is -2.24. The van der Waals surface area contributed by atoms with Crippen molar-refractivity contribution < 1.29 is 9.90 Å². The summed E-state index contributed by atoms with van der Waals surface area (Å²) >= 11 is 3.42. The Labute approximate surface area is 145 Å². The summed E-state index contributed by atoms with van der Waals surface area (Å²) < 4.78 is 3.03. The zero-order valence-corrected chi connectivity index (χ0v) is 16.4. The van der Waals surface area contributed by atoms with Crippen LogP contribution in [0.1, 0.15) is 12.2 Å². The lowest BCUT2D eigenvalue weighted by Gasteiger charge is -2.16. The van der Waals surface area contributed by atoms with E-state index in [9.17, 15) is 4.79 Å². The molecule has 0 saturated heterocycles. The molecule has 0 unspecified atom stereocenters. The molecule has 2 heterocycles. The number of fused-ring (bicyclic) bond motifs is 1. The summed E-state index contributed by atoms with van der Waals surface area (Å²) in [4.78, 5) is 19.7. The fourth-order valence-corrected chi connectivity index (χ4v) is 4.05. The second-order valence-corrected chi connectivity index (χ2v) is 13.4. The van der Waals surface area contributed by atoms with Gasteiger partial charge in [0, 0.05) is 38.3 Å². The molecule has 0 aliphatic carbocycles. The van der Waals surface area contributed by atoms with Crippen molar-refractivity contribution in [2.75, 3.05) is 6.54 Å². The van der Waals surface area contributed by atoms with Crippen molar-refractivity contribution in [1.82, 2.24) is 19.9 Å². The average molecular weight is 399 g/mol. The molecule has 8 heteroatoms. The molecule has 0 saturated carbocycles. The van der Waals surface area contributed by atoms with Gasteiger partial charge in [0.2, 0.25) is 0 Å². The van der Waals surface area contributed by atoms with Gasteiger partial charge in [-0.2, -0.15) is 0 Å². The first kappa shape index (κ1) is 17.9. The van der Waals surface area contributed by atoms with E-state index >= 15 is 0 Å². The number of pyridine rings is 1. The van der Waals surface area contributed by atoms with E-state index < -0.39 is 14.2 Å². The van der Waals surface area contributed by atoms with E-state index in [0.717, 1.165) is 34.4 Å². The molecule has 126 valence electrons. The molecule has 0 radical (unpaired) electrons. The first-order chi connectivity index (χ1) is 10.8. The van der Waals surface area contributed by atoms with Crippen molar-refractivity contribution in [3.05, 3.63) is 22.6 Å². The molecule has 2 N–H and O–H groups in total. The highest BCUT2D eigenvalue weighted by Gasteiger charge is 2.15. The number of imidazole rings is 1. The van der Waals surface area contributed by atoms with Gasteiger partial charge < -0.3 is 15.0 Å². The number of amides is 1. The minimum Gasteiger partial charge on any atom is -0.465 e. The summed E-state index contributed by atoms with van der Waals surface area (Å²) in [5.41, 5.74) is 1.71. The van der Waals surface area contributed by atoms with Gasteiger partial charge in [-0.05, 0) is 28.4 Å². The van der Waals surface area contributed by atoms with Crippen molar-refractivity contribution in [3.63, 3.8) is 0 Å². The molecule has 23 heavy (non-hydrogen) atoms. The highest BCUT2D eigenvalue weighted by molar-refractivity contribution is 9.10. The summed E-state index contributed by atoms with van der Waals surface area (Å²) in [6, 6.07) is 3.20. The summed E-state index contributed by atoms with van der Waals surface area (Å²) in [5.74, 6) is 0.884. The molecule has 0 spiro atoms. The maximum atomic E-state index is 10.6. The Hall–Kier alpha value is -1.41. The van der Waals surface area contributed by atoms with Crippen LogP contribution in [0.15, 0.2) is 16.7 Å². The van der Waals surface area contributed by atoms with Crippen LogP contribution in [0.3, 0.4) is 0 Å². The third-order valence-electron chi connectivity index (χ3n) is 3.56. The predicted octanol–water partition coefficient (Wildman–Crippen LogP) is 3.73. The minimum absolute atomic E-state index is 0.355. The van der Waals surface area contributed by atoms with Gasteiger partial charge in [-0.25, -0.2) is 14.8 Å². The van der Waals surface area contributed by atoms with E-state index in [1.165, 1.54) is 6.04 Å². The number of aromatic nitrogens is 3. The molecule has 0 aromatic carbocycles. The van der Waals surface area contributed by atoms with Crippen LogP contribution in [0.25, 0.3) is 11.2 Å². The Morgan fingerprint density at radius 1 is 1.43 bits per heavy atom. The third-order valence-corrected chi connectivity index (χ3v) is 5.85. The quantitative estimate of drug-likeness (QED) is 0.696. The number of halogens is 1. The number of nitrogens with zero attached hydrogens (tertiary/aromatic N) is 3. The predicted molar refractivity (Wildman–Crippen MR) is 97.7 cm³/mol. The van der Waals surface area contributed by atoms with Crippen LogP contribution in [-0.4, -0.2) is 40.4 Å². The maximum absolute atomic E-state index is 10.6. The SMILES string of the molecule is C[Si](C)(C)CCCn1c(CCNC(=O)O)nc2cc(Br)cnc21. The van der Waals surface area contributed by atoms with Crippen molar-refractivity contribution in [2.45, 2.75) is 45.1 Å². The molecule has 0 fully saturated rings. The van der Waals surface area contributed by atoms with E-state index in [-0.39, 0.29) is 0 Å². The molecule has 1 amide bonds.